The van der Waals surface area contributed by atoms with E-state index in [1.165, 1.54) is 18.4 Å². The SMILES string of the molecule is COc1cccc([C@@H]2[C@H](NC(=O)[C@@H]3CCO[C@@H]3C)CCN2C2CC2)c1. The third kappa shape index (κ3) is 3.40. The number of methoxy groups -OCH3 is 1. The van der Waals surface area contributed by atoms with Crippen LogP contribution in [0.5, 0.6) is 5.75 Å². The summed E-state index contributed by atoms with van der Waals surface area (Å²) < 4.78 is 11.0. The summed E-state index contributed by atoms with van der Waals surface area (Å²) in [5.41, 5.74) is 1.24. The Morgan fingerprint density at radius 3 is 2.80 bits per heavy atom. The molecule has 5 heteroatoms. The molecule has 5 nitrogen and oxygen atoms in total. The molecule has 1 aromatic carbocycles. The molecule has 0 aromatic heterocycles. The van der Waals surface area contributed by atoms with Gasteiger partial charge in [-0.1, -0.05) is 12.1 Å². The van der Waals surface area contributed by atoms with Crippen molar-refractivity contribution >= 4 is 5.91 Å². The zero-order chi connectivity index (χ0) is 17.4. The highest BCUT2D eigenvalue weighted by Gasteiger charge is 2.44. The fraction of sp³-hybridized carbons (Fsp3) is 0.650. The van der Waals surface area contributed by atoms with Crippen LogP contribution in [0.1, 0.15) is 44.2 Å². The first kappa shape index (κ1) is 16.9. The Kier molecular flexibility index (Phi) is 4.69. The highest BCUT2D eigenvalue weighted by Crippen LogP contribution is 2.42. The van der Waals surface area contributed by atoms with Gasteiger partial charge in [-0.3, -0.25) is 9.69 Å². The highest BCUT2D eigenvalue weighted by molar-refractivity contribution is 5.80. The van der Waals surface area contributed by atoms with E-state index in [-0.39, 0.29) is 30.0 Å². The zero-order valence-corrected chi connectivity index (χ0v) is 15.1. The standard InChI is InChI=1S/C20H28N2O3/c1-13-17(9-11-25-13)20(23)21-18-8-10-22(15-6-7-15)19(18)14-4-3-5-16(12-14)24-2/h3-5,12-13,15,17-19H,6-11H2,1-2H3,(H,21,23)/t13-,17-,18-,19-/m1/s1. The molecule has 3 aliphatic rings. The predicted octanol–water partition coefficient (Wildman–Crippen LogP) is 2.51. The Labute approximate surface area is 149 Å². The van der Waals surface area contributed by atoms with Crippen LogP contribution in [0.15, 0.2) is 24.3 Å². The van der Waals surface area contributed by atoms with Crippen molar-refractivity contribution in [3.63, 3.8) is 0 Å². The number of ether oxygens (including phenoxy) is 2. The number of carbonyl (C=O) groups excluding carboxylic acids is 1. The minimum atomic E-state index is -0.0130. The van der Waals surface area contributed by atoms with E-state index in [4.69, 9.17) is 9.47 Å². The Balaban J connectivity index is 1.54. The molecule has 1 saturated carbocycles. The summed E-state index contributed by atoms with van der Waals surface area (Å²) in [6.07, 6.45) is 4.40. The molecule has 1 amide bonds. The van der Waals surface area contributed by atoms with Crippen molar-refractivity contribution in [1.82, 2.24) is 10.2 Å². The van der Waals surface area contributed by atoms with Gasteiger partial charge in [0.1, 0.15) is 5.75 Å². The molecule has 1 aliphatic carbocycles. The molecular weight excluding hydrogens is 316 g/mol. The Bertz CT molecular complexity index is 631. The van der Waals surface area contributed by atoms with Crippen LogP contribution in [0, 0.1) is 5.92 Å². The molecule has 4 atom stereocenters. The molecule has 2 heterocycles. The van der Waals surface area contributed by atoms with Gasteiger partial charge >= 0.3 is 0 Å². The summed E-state index contributed by atoms with van der Waals surface area (Å²) in [6.45, 7) is 3.74. The van der Waals surface area contributed by atoms with Crippen LogP contribution in [0.2, 0.25) is 0 Å². The topological polar surface area (TPSA) is 50.8 Å². The quantitative estimate of drug-likeness (QED) is 0.892. The van der Waals surface area contributed by atoms with E-state index in [1.54, 1.807) is 7.11 Å². The minimum Gasteiger partial charge on any atom is -0.497 e. The third-order valence-electron chi connectivity index (χ3n) is 5.93. The molecule has 0 unspecified atom stereocenters. The van der Waals surface area contributed by atoms with E-state index in [9.17, 15) is 4.79 Å². The maximum absolute atomic E-state index is 12.8. The van der Waals surface area contributed by atoms with E-state index in [1.807, 2.05) is 19.1 Å². The molecule has 2 aliphatic heterocycles. The van der Waals surface area contributed by atoms with Crippen molar-refractivity contribution in [2.45, 2.75) is 56.8 Å². The van der Waals surface area contributed by atoms with Crippen LogP contribution in [0.25, 0.3) is 0 Å². The summed E-state index contributed by atoms with van der Waals surface area (Å²) in [5, 5.41) is 3.35. The van der Waals surface area contributed by atoms with Gasteiger partial charge in [-0.15, -0.1) is 0 Å². The normalized spacial score (nSPS) is 32.7. The monoisotopic (exact) mass is 344 g/mol. The molecule has 25 heavy (non-hydrogen) atoms. The van der Waals surface area contributed by atoms with Crippen LogP contribution in [-0.4, -0.2) is 49.3 Å². The lowest BCUT2D eigenvalue weighted by Gasteiger charge is -2.30. The van der Waals surface area contributed by atoms with Crippen molar-refractivity contribution in [2.75, 3.05) is 20.3 Å². The van der Waals surface area contributed by atoms with Crippen molar-refractivity contribution in [2.24, 2.45) is 5.92 Å². The number of hydrogen-bond acceptors (Lipinski definition) is 4. The number of nitrogens with zero attached hydrogens (tertiary/aromatic N) is 1. The molecule has 0 spiro atoms. The van der Waals surface area contributed by atoms with Crippen LogP contribution < -0.4 is 10.1 Å². The molecule has 0 bridgehead atoms. The fourth-order valence-corrected chi connectivity index (χ4v) is 4.40. The van der Waals surface area contributed by atoms with E-state index in [0.29, 0.717) is 12.6 Å². The van der Waals surface area contributed by atoms with E-state index in [2.05, 4.69) is 22.3 Å². The van der Waals surface area contributed by atoms with Crippen molar-refractivity contribution in [3.8, 4) is 5.75 Å². The van der Waals surface area contributed by atoms with Gasteiger partial charge in [0.25, 0.3) is 0 Å². The van der Waals surface area contributed by atoms with Gasteiger partial charge in [-0.05, 0) is 50.3 Å². The lowest BCUT2D eigenvalue weighted by molar-refractivity contribution is -0.127. The molecule has 3 fully saturated rings. The second-order valence-electron chi connectivity index (χ2n) is 7.57. The molecular formula is C20H28N2O3. The largest absolute Gasteiger partial charge is 0.497 e. The number of nitrogens with one attached hydrogen (secondary N) is 1. The first-order chi connectivity index (χ1) is 12.2. The lowest BCUT2D eigenvalue weighted by Crippen LogP contribution is -2.44. The molecule has 1 N–H and O–H groups in total. The van der Waals surface area contributed by atoms with Crippen LogP contribution in [0.4, 0.5) is 0 Å². The van der Waals surface area contributed by atoms with Gasteiger partial charge in [0.15, 0.2) is 0 Å². The Morgan fingerprint density at radius 1 is 1.28 bits per heavy atom. The summed E-state index contributed by atoms with van der Waals surface area (Å²) in [5.74, 6) is 1.02. The number of amides is 1. The van der Waals surface area contributed by atoms with E-state index >= 15 is 0 Å². The number of hydrogen-bond donors (Lipinski definition) is 1. The zero-order valence-electron chi connectivity index (χ0n) is 15.1. The van der Waals surface area contributed by atoms with Crippen LogP contribution >= 0.6 is 0 Å². The van der Waals surface area contributed by atoms with Gasteiger partial charge in [-0.25, -0.2) is 0 Å². The van der Waals surface area contributed by atoms with Crippen molar-refractivity contribution < 1.29 is 14.3 Å². The summed E-state index contributed by atoms with van der Waals surface area (Å²) in [6, 6.07) is 9.37. The average Bonchev–Trinajstić information content (AvgIpc) is 3.25. The highest BCUT2D eigenvalue weighted by atomic mass is 16.5. The first-order valence-corrected chi connectivity index (χ1v) is 9.49. The molecule has 2 saturated heterocycles. The fourth-order valence-electron chi connectivity index (χ4n) is 4.40. The van der Waals surface area contributed by atoms with E-state index in [0.717, 1.165) is 25.1 Å². The summed E-state index contributed by atoms with van der Waals surface area (Å²) in [7, 11) is 1.70. The lowest BCUT2D eigenvalue weighted by atomic mass is 9.97. The number of benzene rings is 1. The molecule has 136 valence electrons. The smallest absolute Gasteiger partial charge is 0.226 e. The number of likely N-dealkylation sites (tertiary alicyclic amines) is 1. The van der Waals surface area contributed by atoms with Crippen molar-refractivity contribution in [3.05, 3.63) is 29.8 Å². The summed E-state index contributed by atoms with van der Waals surface area (Å²) >= 11 is 0. The third-order valence-corrected chi connectivity index (χ3v) is 5.93. The van der Waals surface area contributed by atoms with Gasteiger partial charge in [0.05, 0.1) is 25.2 Å². The van der Waals surface area contributed by atoms with Gasteiger partial charge in [0.2, 0.25) is 5.91 Å². The maximum Gasteiger partial charge on any atom is 0.226 e. The Morgan fingerprint density at radius 2 is 2.12 bits per heavy atom. The first-order valence-electron chi connectivity index (χ1n) is 9.49. The number of rotatable bonds is 5. The van der Waals surface area contributed by atoms with Crippen LogP contribution in [0.3, 0.4) is 0 Å². The summed E-state index contributed by atoms with van der Waals surface area (Å²) in [4.78, 5) is 15.3. The molecule has 0 radical (unpaired) electrons. The van der Waals surface area contributed by atoms with Gasteiger partial charge in [-0.2, -0.15) is 0 Å². The predicted molar refractivity (Wildman–Crippen MR) is 95.5 cm³/mol. The van der Waals surface area contributed by atoms with Crippen molar-refractivity contribution in [1.29, 1.82) is 0 Å². The number of carbonyl (C=O) groups is 1. The second kappa shape index (κ2) is 6.96. The van der Waals surface area contributed by atoms with E-state index < -0.39 is 0 Å². The molecule has 1 aromatic rings. The maximum atomic E-state index is 12.8. The second-order valence-corrected chi connectivity index (χ2v) is 7.57. The average molecular weight is 344 g/mol. The Hall–Kier alpha value is -1.59. The van der Waals surface area contributed by atoms with Crippen LogP contribution in [-0.2, 0) is 9.53 Å². The minimum absolute atomic E-state index is 0.0130. The van der Waals surface area contributed by atoms with Gasteiger partial charge in [0, 0.05) is 25.2 Å². The van der Waals surface area contributed by atoms with Gasteiger partial charge < -0.3 is 14.8 Å². The molecule has 4 rings (SSSR count).